The van der Waals surface area contributed by atoms with Crippen LogP contribution < -0.4 is 5.32 Å². The van der Waals surface area contributed by atoms with Crippen LogP contribution in [0.3, 0.4) is 0 Å². The predicted octanol–water partition coefficient (Wildman–Crippen LogP) is 4.74. The number of carbonyl (C=O) groups is 1. The molecule has 0 radical (unpaired) electrons. The van der Waals surface area contributed by atoms with Crippen LogP contribution in [0.1, 0.15) is 15.9 Å². The Morgan fingerprint density at radius 3 is 2.71 bits per heavy atom. The van der Waals surface area contributed by atoms with E-state index in [1.54, 1.807) is 42.6 Å². The SMILES string of the molecule is O=C(Nc1cnn(Cc2c(F)cccc2Cl)c1)c1ccc(Br)cc1. The van der Waals surface area contributed by atoms with Gasteiger partial charge >= 0.3 is 0 Å². The van der Waals surface area contributed by atoms with Crippen LogP contribution in [0.2, 0.25) is 5.02 Å². The Bertz CT molecular complexity index is 860. The Morgan fingerprint density at radius 2 is 2.00 bits per heavy atom. The lowest BCUT2D eigenvalue weighted by Crippen LogP contribution is -2.11. The van der Waals surface area contributed by atoms with Crippen molar-refractivity contribution in [1.82, 2.24) is 9.78 Å². The third-order valence-corrected chi connectivity index (χ3v) is 4.26. The van der Waals surface area contributed by atoms with E-state index in [-0.39, 0.29) is 12.5 Å². The fourth-order valence-corrected chi connectivity index (χ4v) is 2.65. The zero-order valence-corrected chi connectivity index (χ0v) is 14.7. The van der Waals surface area contributed by atoms with Gasteiger partial charge in [-0.3, -0.25) is 9.48 Å². The van der Waals surface area contributed by atoms with Crippen molar-refractivity contribution in [3.05, 3.63) is 81.3 Å². The van der Waals surface area contributed by atoms with Crippen LogP contribution in [0.25, 0.3) is 0 Å². The predicted molar refractivity (Wildman–Crippen MR) is 94.8 cm³/mol. The lowest BCUT2D eigenvalue weighted by Gasteiger charge is -2.06. The van der Waals surface area contributed by atoms with Gasteiger partial charge in [0.25, 0.3) is 5.91 Å². The first-order valence-electron chi connectivity index (χ1n) is 7.05. The molecule has 0 aliphatic heterocycles. The molecule has 1 heterocycles. The van der Waals surface area contributed by atoms with Crippen molar-refractivity contribution in [1.29, 1.82) is 0 Å². The number of rotatable bonds is 4. The number of carbonyl (C=O) groups excluding carboxylic acids is 1. The highest BCUT2D eigenvalue weighted by Crippen LogP contribution is 2.20. The van der Waals surface area contributed by atoms with E-state index in [0.717, 1.165) is 4.47 Å². The van der Waals surface area contributed by atoms with Gasteiger partial charge in [-0.25, -0.2) is 4.39 Å². The molecule has 1 amide bonds. The first-order valence-corrected chi connectivity index (χ1v) is 8.22. The van der Waals surface area contributed by atoms with Crippen molar-refractivity contribution in [3.8, 4) is 0 Å². The fraction of sp³-hybridized carbons (Fsp3) is 0.0588. The third kappa shape index (κ3) is 3.83. The Labute approximate surface area is 151 Å². The van der Waals surface area contributed by atoms with Gasteiger partial charge in [-0.1, -0.05) is 33.6 Å². The van der Waals surface area contributed by atoms with Gasteiger partial charge in [0, 0.05) is 26.8 Å². The summed E-state index contributed by atoms with van der Waals surface area (Å²) >= 11 is 9.33. The minimum atomic E-state index is -0.390. The molecule has 0 spiro atoms. The Morgan fingerprint density at radius 1 is 1.25 bits per heavy atom. The number of anilines is 1. The normalized spacial score (nSPS) is 10.6. The smallest absolute Gasteiger partial charge is 0.255 e. The molecule has 1 N–H and O–H groups in total. The molecule has 24 heavy (non-hydrogen) atoms. The van der Waals surface area contributed by atoms with Crippen molar-refractivity contribution >= 4 is 39.1 Å². The topological polar surface area (TPSA) is 46.9 Å². The molecule has 2 aromatic carbocycles. The molecule has 0 saturated carbocycles. The molecule has 0 unspecified atom stereocenters. The molecular formula is C17H12BrClFN3O. The van der Waals surface area contributed by atoms with E-state index in [9.17, 15) is 9.18 Å². The van der Waals surface area contributed by atoms with Crippen LogP contribution in [0, 0.1) is 5.82 Å². The second kappa shape index (κ2) is 7.15. The van der Waals surface area contributed by atoms with Crippen LogP contribution in [0.15, 0.2) is 59.3 Å². The quantitative estimate of drug-likeness (QED) is 0.678. The number of nitrogens with zero attached hydrogens (tertiary/aromatic N) is 2. The van der Waals surface area contributed by atoms with Gasteiger partial charge < -0.3 is 5.32 Å². The second-order valence-electron chi connectivity index (χ2n) is 5.09. The maximum absolute atomic E-state index is 13.8. The summed E-state index contributed by atoms with van der Waals surface area (Å²) in [5.41, 5.74) is 1.41. The molecule has 0 aliphatic rings. The van der Waals surface area contributed by atoms with E-state index in [2.05, 4.69) is 26.3 Å². The average molecular weight is 409 g/mol. The molecule has 0 fully saturated rings. The number of benzene rings is 2. The molecule has 1 aromatic heterocycles. The first kappa shape index (κ1) is 16.7. The zero-order valence-electron chi connectivity index (χ0n) is 12.3. The highest BCUT2D eigenvalue weighted by molar-refractivity contribution is 9.10. The summed E-state index contributed by atoms with van der Waals surface area (Å²) in [6, 6.07) is 11.5. The van der Waals surface area contributed by atoms with Crippen molar-refractivity contribution in [2.75, 3.05) is 5.32 Å². The number of hydrogen-bond donors (Lipinski definition) is 1. The molecular weight excluding hydrogens is 397 g/mol. The Balaban J connectivity index is 1.71. The molecule has 3 aromatic rings. The summed E-state index contributed by atoms with van der Waals surface area (Å²) in [6.45, 7) is 0.180. The monoisotopic (exact) mass is 407 g/mol. The minimum Gasteiger partial charge on any atom is -0.319 e. The molecule has 0 saturated heterocycles. The summed E-state index contributed by atoms with van der Waals surface area (Å²) in [5.74, 6) is -0.635. The highest BCUT2D eigenvalue weighted by Gasteiger charge is 2.10. The lowest BCUT2D eigenvalue weighted by atomic mass is 10.2. The summed E-state index contributed by atoms with van der Waals surface area (Å²) in [4.78, 5) is 12.2. The summed E-state index contributed by atoms with van der Waals surface area (Å²) < 4.78 is 16.2. The number of hydrogen-bond acceptors (Lipinski definition) is 2. The van der Waals surface area contributed by atoms with Gasteiger partial charge in [0.2, 0.25) is 0 Å². The standard InChI is InChI=1S/C17H12BrClFN3O/c18-12-6-4-11(5-7-12)17(24)22-13-8-21-23(9-13)10-14-15(19)2-1-3-16(14)20/h1-9H,10H2,(H,22,24). The van der Waals surface area contributed by atoms with Gasteiger partial charge in [-0.05, 0) is 36.4 Å². The molecule has 0 aliphatic carbocycles. The van der Waals surface area contributed by atoms with Gasteiger partial charge in [0.05, 0.1) is 18.4 Å². The van der Waals surface area contributed by atoms with Gasteiger partial charge in [-0.2, -0.15) is 5.10 Å². The number of aromatic nitrogens is 2. The maximum atomic E-state index is 13.8. The van der Waals surface area contributed by atoms with Crippen LogP contribution in [-0.2, 0) is 6.54 Å². The maximum Gasteiger partial charge on any atom is 0.255 e. The van der Waals surface area contributed by atoms with Crippen molar-refractivity contribution < 1.29 is 9.18 Å². The summed E-state index contributed by atoms with van der Waals surface area (Å²) in [7, 11) is 0. The zero-order chi connectivity index (χ0) is 17.1. The number of nitrogens with one attached hydrogen (secondary N) is 1. The third-order valence-electron chi connectivity index (χ3n) is 3.38. The molecule has 0 atom stereocenters. The highest BCUT2D eigenvalue weighted by atomic mass is 79.9. The van der Waals surface area contributed by atoms with E-state index in [1.165, 1.54) is 16.9 Å². The van der Waals surface area contributed by atoms with E-state index >= 15 is 0 Å². The molecule has 0 bridgehead atoms. The lowest BCUT2D eigenvalue weighted by molar-refractivity contribution is 0.102. The largest absolute Gasteiger partial charge is 0.319 e. The molecule has 4 nitrogen and oxygen atoms in total. The molecule has 7 heteroatoms. The first-order chi connectivity index (χ1) is 11.5. The second-order valence-corrected chi connectivity index (χ2v) is 6.41. The average Bonchev–Trinajstić information content (AvgIpc) is 2.99. The number of halogens is 3. The van der Waals surface area contributed by atoms with Crippen molar-refractivity contribution in [3.63, 3.8) is 0 Å². The van der Waals surface area contributed by atoms with Gasteiger partial charge in [0.1, 0.15) is 5.82 Å². The van der Waals surface area contributed by atoms with Crippen molar-refractivity contribution in [2.45, 2.75) is 6.54 Å². The Hall–Kier alpha value is -2.18. The van der Waals surface area contributed by atoms with E-state index < -0.39 is 5.82 Å². The van der Waals surface area contributed by atoms with Crippen LogP contribution in [-0.4, -0.2) is 15.7 Å². The van der Waals surface area contributed by atoms with Crippen molar-refractivity contribution in [2.24, 2.45) is 0 Å². The fourth-order valence-electron chi connectivity index (χ4n) is 2.16. The molecule has 122 valence electrons. The van der Waals surface area contributed by atoms with E-state index in [4.69, 9.17) is 11.6 Å². The summed E-state index contributed by atoms with van der Waals surface area (Å²) in [5, 5.41) is 7.21. The Kier molecular flexibility index (Phi) is 4.97. The van der Waals surface area contributed by atoms with Crippen LogP contribution in [0.5, 0.6) is 0 Å². The summed E-state index contributed by atoms with van der Waals surface area (Å²) in [6.07, 6.45) is 3.13. The number of amides is 1. The van der Waals surface area contributed by atoms with E-state index in [0.29, 0.717) is 21.8 Å². The van der Waals surface area contributed by atoms with Gasteiger partial charge in [-0.15, -0.1) is 0 Å². The van der Waals surface area contributed by atoms with E-state index in [1.807, 2.05) is 0 Å². The molecule has 3 rings (SSSR count). The minimum absolute atomic E-state index is 0.180. The van der Waals surface area contributed by atoms with Crippen LogP contribution >= 0.6 is 27.5 Å². The van der Waals surface area contributed by atoms with Crippen LogP contribution in [0.4, 0.5) is 10.1 Å². The van der Waals surface area contributed by atoms with Gasteiger partial charge in [0.15, 0.2) is 0 Å².